The maximum atomic E-state index is 11.0. The van der Waals surface area contributed by atoms with E-state index in [-0.39, 0.29) is 6.42 Å². The van der Waals surface area contributed by atoms with Gasteiger partial charge in [0.1, 0.15) is 17.3 Å². The van der Waals surface area contributed by atoms with Crippen LogP contribution in [0.3, 0.4) is 0 Å². The molecule has 0 spiro atoms. The number of sulfone groups is 1. The zero-order valence-electron chi connectivity index (χ0n) is 7.57. The van der Waals surface area contributed by atoms with Crippen LogP contribution in [0.15, 0.2) is 0 Å². The molecule has 0 aliphatic rings. The van der Waals surface area contributed by atoms with Gasteiger partial charge in [-0.3, -0.25) is 9.59 Å². The molecule has 0 saturated heterocycles. The second-order valence-corrected chi connectivity index (χ2v) is 4.57. The number of rotatable bonds is 5. The molecule has 0 fully saturated rings. The molecule has 0 aliphatic carbocycles. The van der Waals surface area contributed by atoms with Crippen LogP contribution in [0, 0.1) is 0 Å². The van der Waals surface area contributed by atoms with E-state index in [0.29, 0.717) is 0 Å². The predicted octanol–water partition coefficient (Wildman–Crippen LogP) is -0.447. The van der Waals surface area contributed by atoms with Gasteiger partial charge < -0.3 is 4.74 Å². The molecule has 0 saturated carbocycles. The zero-order valence-corrected chi connectivity index (χ0v) is 8.39. The third-order valence-electron chi connectivity index (χ3n) is 1.34. The molecule has 5 nitrogen and oxygen atoms in total. The first-order valence-electron chi connectivity index (χ1n) is 3.70. The maximum absolute atomic E-state index is 11.0. The lowest BCUT2D eigenvalue weighted by molar-refractivity contribution is -0.137. The summed E-state index contributed by atoms with van der Waals surface area (Å²) in [5.74, 6) is -2.55. The van der Waals surface area contributed by atoms with Gasteiger partial charge in [-0.05, 0) is 0 Å². The molecular formula is C7H12O5S. The van der Waals surface area contributed by atoms with E-state index in [1.807, 2.05) is 0 Å². The summed E-state index contributed by atoms with van der Waals surface area (Å²) in [5, 5.41) is 0. The molecule has 76 valence electrons. The van der Waals surface area contributed by atoms with Crippen molar-refractivity contribution in [2.75, 3.05) is 18.6 Å². The van der Waals surface area contributed by atoms with Gasteiger partial charge in [-0.2, -0.15) is 0 Å². The summed E-state index contributed by atoms with van der Waals surface area (Å²) in [6, 6.07) is 0. The van der Waals surface area contributed by atoms with Gasteiger partial charge in [0.05, 0.1) is 7.11 Å². The number of ketones is 1. The van der Waals surface area contributed by atoms with Gasteiger partial charge in [-0.1, -0.05) is 6.92 Å². The van der Waals surface area contributed by atoms with Gasteiger partial charge in [-0.25, -0.2) is 8.42 Å². The average molecular weight is 208 g/mol. The first kappa shape index (κ1) is 12.1. The van der Waals surface area contributed by atoms with E-state index in [9.17, 15) is 18.0 Å². The summed E-state index contributed by atoms with van der Waals surface area (Å²) in [4.78, 5) is 21.4. The van der Waals surface area contributed by atoms with E-state index in [0.717, 1.165) is 7.11 Å². The molecule has 13 heavy (non-hydrogen) atoms. The minimum atomic E-state index is -3.63. The molecule has 0 unspecified atom stereocenters. The molecule has 0 radical (unpaired) electrons. The van der Waals surface area contributed by atoms with Gasteiger partial charge >= 0.3 is 5.97 Å². The van der Waals surface area contributed by atoms with Gasteiger partial charge in [0.15, 0.2) is 9.84 Å². The maximum Gasteiger partial charge on any atom is 0.320 e. The molecule has 0 aromatic heterocycles. The Kier molecular flexibility index (Phi) is 4.61. The number of hydrogen-bond donors (Lipinski definition) is 0. The fourth-order valence-electron chi connectivity index (χ4n) is 0.637. The van der Waals surface area contributed by atoms with Gasteiger partial charge in [0.25, 0.3) is 0 Å². The van der Waals surface area contributed by atoms with E-state index < -0.39 is 33.1 Å². The number of carbonyl (C=O) groups excluding carboxylic acids is 2. The highest BCUT2D eigenvalue weighted by molar-refractivity contribution is 7.92. The molecular weight excluding hydrogens is 196 g/mol. The Bertz CT molecular complexity index is 266. The number of esters is 1. The Labute approximate surface area is 77.0 Å². The monoisotopic (exact) mass is 208 g/mol. The lowest BCUT2D eigenvalue weighted by atomic mass is 10.4. The largest absolute Gasteiger partial charge is 0.468 e. The molecule has 0 amide bonds. The van der Waals surface area contributed by atoms with Crippen LogP contribution >= 0.6 is 0 Å². The number of carbonyl (C=O) groups is 2. The lowest BCUT2D eigenvalue weighted by Crippen LogP contribution is -2.23. The average Bonchev–Trinajstić information content (AvgIpc) is 2.02. The summed E-state index contributed by atoms with van der Waals surface area (Å²) >= 11 is 0. The first-order valence-corrected chi connectivity index (χ1v) is 5.52. The third-order valence-corrected chi connectivity index (χ3v) is 2.78. The SMILES string of the molecule is CCC(=O)CS(=O)(=O)CC(=O)OC. The Morgan fingerprint density at radius 2 is 1.77 bits per heavy atom. The standard InChI is InChI=1S/C7H12O5S/c1-3-6(8)4-13(10,11)5-7(9)12-2/h3-5H2,1-2H3. The summed E-state index contributed by atoms with van der Waals surface area (Å²) in [6.07, 6.45) is 0.153. The van der Waals surface area contributed by atoms with Crippen LogP contribution in [0.25, 0.3) is 0 Å². The highest BCUT2D eigenvalue weighted by Gasteiger charge is 2.19. The van der Waals surface area contributed by atoms with Crippen LogP contribution in [0.1, 0.15) is 13.3 Å². The van der Waals surface area contributed by atoms with Crippen molar-refractivity contribution in [3.8, 4) is 0 Å². The molecule has 0 heterocycles. The highest BCUT2D eigenvalue weighted by Crippen LogP contribution is 1.94. The van der Waals surface area contributed by atoms with Crippen molar-refractivity contribution in [3.63, 3.8) is 0 Å². The molecule has 0 rings (SSSR count). The van der Waals surface area contributed by atoms with Crippen molar-refractivity contribution in [2.24, 2.45) is 0 Å². The molecule has 0 bridgehead atoms. The summed E-state index contributed by atoms with van der Waals surface area (Å²) in [6.45, 7) is 1.57. The predicted molar refractivity (Wildman–Crippen MR) is 46.0 cm³/mol. The zero-order chi connectivity index (χ0) is 10.5. The molecule has 0 N–H and O–H groups in total. The van der Waals surface area contributed by atoms with Crippen molar-refractivity contribution >= 4 is 21.6 Å². The van der Waals surface area contributed by atoms with Crippen molar-refractivity contribution in [1.82, 2.24) is 0 Å². The second kappa shape index (κ2) is 4.96. The number of hydrogen-bond acceptors (Lipinski definition) is 5. The number of methoxy groups -OCH3 is 1. The van der Waals surface area contributed by atoms with Crippen molar-refractivity contribution < 1.29 is 22.7 Å². The van der Waals surface area contributed by atoms with E-state index in [4.69, 9.17) is 0 Å². The van der Waals surface area contributed by atoms with Crippen LogP contribution in [0.2, 0.25) is 0 Å². The summed E-state index contributed by atoms with van der Waals surface area (Å²) in [5.41, 5.74) is 0. The van der Waals surface area contributed by atoms with Crippen molar-refractivity contribution in [1.29, 1.82) is 0 Å². The van der Waals surface area contributed by atoms with Crippen LogP contribution in [-0.4, -0.2) is 38.8 Å². The van der Waals surface area contributed by atoms with Crippen molar-refractivity contribution in [3.05, 3.63) is 0 Å². The lowest BCUT2D eigenvalue weighted by Gasteiger charge is -2.00. The quantitative estimate of drug-likeness (QED) is 0.572. The minimum Gasteiger partial charge on any atom is -0.468 e. The Morgan fingerprint density at radius 1 is 1.23 bits per heavy atom. The van der Waals surface area contributed by atoms with E-state index >= 15 is 0 Å². The van der Waals surface area contributed by atoms with Gasteiger partial charge in [-0.15, -0.1) is 0 Å². The van der Waals surface area contributed by atoms with Gasteiger partial charge in [0, 0.05) is 6.42 Å². The Morgan fingerprint density at radius 3 is 2.15 bits per heavy atom. The Hall–Kier alpha value is -0.910. The molecule has 0 aromatic carbocycles. The van der Waals surface area contributed by atoms with Crippen LogP contribution in [-0.2, 0) is 24.2 Å². The highest BCUT2D eigenvalue weighted by atomic mass is 32.2. The number of Topliss-reactive ketones (excluding diaryl/α,β-unsaturated/α-hetero) is 1. The number of ether oxygens (including phenoxy) is 1. The molecule has 0 aliphatic heterocycles. The molecule has 6 heteroatoms. The Balaban J connectivity index is 4.26. The fourth-order valence-corrected chi connectivity index (χ4v) is 1.91. The fraction of sp³-hybridized carbons (Fsp3) is 0.714. The van der Waals surface area contributed by atoms with Crippen molar-refractivity contribution in [2.45, 2.75) is 13.3 Å². The molecule has 0 atom stereocenters. The second-order valence-electron chi connectivity index (χ2n) is 2.50. The van der Waals surface area contributed by atoms with Gasteiger partial charge in [0.2, 0.25) is 0 Å². The normalized spacial score (nSPS) is 10.9. The van der Waals surface area contributed by atoms with Crippen LogP contribution < -0.4 is 0 Å². The topological polar surface area (TPSA) is 77.5 Å². The minimum absolute atomic E-state index is 0.153. The smallest absolute Gasteiger partial charge is 0.320 e. The third kappa shape index (κ3) is 5.35. The van der Waals surface area contributed by atoms with E-state index in [1.165, 1.54) is 0 Å². The molecule has 0 aromatic rings. The van der Waals surface area contributed by atoms with Crippen LogP contribution in [0.4, 0.5) is 0 Å². The summed E-state index contributed by atoms with van der Waals surface area (Å²) in [7, 11) is -2.53. The van der Waals surface area contributed by atoms with E-state index in [2.05, 4.69) is 4.74 Å². The van der Waals surface area contributed by atoms with E-state index in [1.54, 1.807) is 6.92 Å². The summed E-state index contributed by atoms with van der Waals surface area (Å²) < 4.78 is 26.3. The first-order chi connectivity index (χ1) is 5.91. The van der Waals surface area contributed by atoms with Crippen LogP contribution in [0.5, 0.6) is 0 Å².